The van der Waals surface area contributed by atoms with Gasteiger partial charge in [0.2, 0.25) is 0 Å². The first-order valence-corrected chi connectivity index (χ1v) is 7.84. The Kier molecular flexibility index (Phi) is 1200. The molecule has 0 heterocycles. The van der Waals surface area contributed by atoms with Gasteiger partial charge in [0.1, 0.15) is 6.61 Å². The highest BCUT2D eigenvalue weighted by Gasteiger charge is 1.87. The molecule has 0 aliphatic carbocycles. The highest BCUT2D eigenvalue weighted by Crippen LogP contribution is 1.77. The Bertz CT molecular complexity index is 211. The fraction of sp³-hybridized carbons (Fsp3) is 0.115. The summed E-state index contributed by atoms with van der Waals surface area (Å²) in [6.07, 6.45) is 2.62. The maximum absolute atomic E-state index is 10.2. The van der Waals surface area contributed by atoms with Crippen molar-refractivity contribution in [1.29, 1.82) is 0 Å². The smallest absolute Gasteiger partial charge is 0.330 e. The summed E-state index contributed by atoms with van der Waals surface area (Å²) in [5, 5.41) is 15.2. The molecule has 0 bridgehead atoms. The summed E-state index contributed by atoms with van der Waals surface area (Å²) in [7, 11) is 0. The van der Waals surface area contributed by atoms with Crippen molar-refractivity contribution >= 4 is 5.97 Å². The van der Waals surface area contributed by atoms with Gasteiger partial charge in [-0.25, -0.2) is 4.79 Å². The van der Waals surface area contributed by atoms with Gasteiger partial charge < -0.3 is 14.9 Å². The minimum atomic E-state index is -0.412. The highest BCUT2D eigenvalue weighted by atomic mass is 16.5. The van der Waals surface area contributed by atoms with Gasteiger partial charge in [0.25, 0.3) is 0 Å². The van der Waals surface area contributed by atoms with Crippen LogP contribution in [0.1, 0.15) is 0 Å². The van der Waals surface area contributed by atoms with Crippen LogP contribution >= 0.6 is 0 Å². The van der Waals surface area contributed by atoms with Gasteiger partial charge in [-0.15, -0.1) is 118 Å². The van der Waals surface area contributed by atoms with Gasteiger partial charge in [-0.1, -0.05) is 19.2 Å². The third kappa shape index (κ3) is 1090. The molecule has 4 nitrogen and oxygen atoms in total. The summed E-state index contributed by atoms with van der Waals surface area (Å²) in [6.45, 7) is 60.6. The lowest BCUT2D eigenvalue weighted by atomic mass is 10.6. The van der Waals surface area contributed by atoms with Crippen LogP contribution in [0.15, 0.2) is 144 Å². The molecule has 0 saturated heterocycles. The molecule has 0 unspecified atom stereocenters. The summed E-state index contributed by atoms with van der Waals surface area (Å²) in [6, 6.07) is 0. The molecule has 30 heavy (non-hydrogen) atoms. The van der Waals surface area contributed by atoms with Crippen LogP contribution < -0.4 is 0 Å². The Hall–Kier alpha value is -3.47. The first kappa shape index (κ1) is 71.7. The molecule has 0 rings (SSSR count). The molecule has 178 valence electrons. The van der Waals surface area contributed by atoms with E-state index in [1.165, 1.54) is 6.08 Å². The highest BCUT2D eigenvalue weighted by molar-refractivity contribution is 5.81. The van der Waals surface area contributed by atoms with Crippen molar-refractivity contribution in [2.75, 3.05) is 19.8 Å². The first-order chi connectivity index (χ1) is 14.7. The van der Waals surface area contributed by atoms with E-state index in [0.717, 1.165) is 6.08 Å². The summed E-state index contributed by atoms with van der Waals surface area (Å²) in [5.41, 5.74) is 0. The monoisotopic (exact) mass is 426 g/mol. The minimum absolute atomic E-state index is 0.125. The number of rotatable bonds is 4. The Morgan fingerprint density at radius 2 is 0.767 bits per heavy atom. The van der Waals surface area contributed by atoms with Gasteiger partial charge in [0.15, 0.2) is 0 Å². The summed E-state index contributed by atoms with van der Waals surface area (Å²) < 4.78 is 4.47. The maximum Gasteiger partial charge on any atom is 0.330 e. The molecule has 0 saturated carbocycles. The number of ether oxygens (including phenoxy) is 1. The lowest BCUT2D eigenvalue weighted by molar-refractivity contribution is -0.136. The van der Waals surface area contributed by atoms with Gasteiger partial charge in [0.05, 0.1) is 13.2 Å². The molecule has 0 aromatic heterocycles. The van der Waals surface area contributed by atoms with Crippen LogP contribution in [0, 0.1) is 0 Å². The molecule has 0 atom stereocenters. The third-order valence-corrected chi connectivity index (χ3v) is 0.610. The van der Waals surface area contributed by atoms with Gasteiger partial charge >= 0.3 is 5.97 Å². The molecule has 0 aromatic carbocycles. The SMILES string of the molecule is C=C.C=C.C=C.C=C.C=C.C=C.C=C.C=C.C=C.C=CCOC(=O)C=C.OCCO. The van der Waals surface area contributed by atoms with Crippen molar-refractivity contribution in [2.24, 2.45) is 0 Å². The van der Waals surface area contributed by atoms with Crippen molar-refractivity contribution in [3.8, 4) is 0 Å². The van der Waals surface area contributed by atoms with E-state index in [4.69, 9.17) is 10.2 Å². The largest absolute Gasteiger partial charge is 0.458 e. The average molecular weight is 427 g/mol. The molecule has 0 amide bonds. The summed E-state index contributed by atoms with van der Waals surface area (Å²) in [4.78, 5) is 10.2. The van der Waals surface area contributed by atoms with Crippen LogP contribution in [-0.2, 0) is 9.53 Å². The fourth-order valence-corrected chi connectivity index (χ4v) is 0.200. The second-order valence-corrected chi connectivity index (χ2v) is 1.57. The quantitative estimate of drug-likeness (QED) is 0.286. The number of hydrogen-bond acceptors (Lipinski definition) is 4. The van der Waals surface area contributed by atoms with E-state index >= 15 is 0 Å². The number of carbonyl (C=O) groups is 1. The van der Waals surface area contributed by atoms with E-state index in [1.807, 2.05) is 0 Å². The Labute approximate surface area is 189 Å². The molecular formula is C26H50O4. The van der Waals surface area contributed by atoms with E-state index < -0.39 is 5.97 Å². The molecule has 0 aromatic rings. The van der Waals surface area contributed by atoms with Crippen LogP contribution in [0.2, 0.25) is 0 Å². The van der Waals surface area contributed by atoms with Crippen molar-refractivity contribution in [3.63, 3.8) is 0 Å². The van der Waals surface area contributed by atoms with Crippen molar-refractivity contribution in [2.45, 2.75) is 0 Å². The van der Waals surface area contributed by atoms with E-state index in [0.29, 0.717) is 0 Å². The normalized spacial score (nSPS) is 4.20. The summed E-state index contributed by atoms with van der Waals surface area (Å²) >= 11 is 0. The van der Waals surface area contributed by atoms with Gasteiger partial charge in [0, 0.05) is 6.08 Å². The second kappa shape index (κ2) is 502. The predicted octanol–water partition coefficient (Wildman–Crippen LogP) is 7.09. The fourth-order valence-electron chi connectivity index (χ4n) is 0.200. The van der Waals surface area contributed by atoms with Crippen LogP contribution in [0.25, 0.3) is 0 Å². The predicted molar refractivity (Wildman–Crippen MR) is 147 cm³/mol. The molecule has 0 fully saturated rings. The molecule has 0 aliphatic heterocycles. The zero-order valence-electron chi connectivity index (χ0n) is 19.6. The Balaban J connectivity index is -0.0000000159. The summed E-state index contributed by atoms with van der Waals surface area (Å²) in [5.74, 6) is -0.412. The zero-order valence-corrected chi connectivity index (χ0v) is 19.6. The molecule has 0 radical (unpaired) electrons. The van der Waals surface area contributed by atoms with Crippen molar-refractivity contribution < 1.29 is 19.7 Å². The molecule has 0 aliphatic rings. The van der Waals surface area contributed by atoms with E-state index in [-0.39, 0.29) is 19.8 Å². The van der Waals surface area contributed by atoms with Gasteiger partial charge in [-0.05, 0) is 0 Å². The molecular weight excluding hydrogens is 376 g/mol. The van der Waals surface area contributed by atoms with Gasteiger partial charge in [-0.2, -0.15) is 0 Å². The number of aliphatic hydroxyl groups excluding tert-OH is 2. The van der Waals surface area contributed by atoms with E-state index in [1.54, 1.807) is 0 Å². The number of aliphatic hydroxyl groups is 2. The topological polar surface area (TPSA) is 66.8 Å². The van der Waals surface area contributed by atoms with Crippen LogP contribution in [0.5, 0.6) is 0 Å². The molecule has 2 N–H and O–H groups in total. The molecule has 0 spiro atoms. The second-order valence-electron chi connectivity index (χ2n) is 1.57. The number of hydrogen-bond donors (Lipinski definition) is 2. The van der Waals surface area contributed by atoms with Crippen LogP contribution in [-0.4, -0.2) is 36.0 Å². The lowest BCUT2D eigenvalue weighted by Crippen LogP contribution is -1.98. The van der Waals surface area contributed by atoms with Crippen LogP contribution in [0.3, 0.4) is 0 Å². The Morgan fingerprint density at radius 1 is 0.567 bits per heavy atom. The minimum Gasteiger partial charge on any atom is -0.458 e. The standard InChI is InChI=1S/C6H8O2.C2H6O2.9C2H4/c1-3-5-8-6(7)4-2;3-1-2-4;9*1-2/h3-4H,1-2,5H2;3-4H,1-2H2;9*1-2H2. The van der Waals surface area contributed by atoms with Crippen LogP contribution in [0.4, 0.5) is 0 Å². The first-order valence-electron chi connectivity index (χ1n) is 7.84. The maximum atomic E-state index is 10.2. The van der Waals surface area contributed by atoms with Crippen molar-refractivity contribution in [3.05, 3.63) is 144 Å². The average Bonchev–Trinajstić information content (AvgIpc) is 2.93. The number of esters is 1. The lowest BCUT2D eigenvalue weighted by Gasteiger charge is -1.92. The molecule has 4 heteroatoms. The van der Waals surface area contributed by atoms with Crippen molar-refractivity contribution in [1.82, 2.24) is 0 Å². The third-order valence-electron chi connectivity index (χ3n) is 0.610. The zero-order chi connectivity index (χ0) is 27.8. The number of carbonyl (C=O) groups excluding carboxylic acids is 1. The van der Waals surface area contributed by atoms with Gasteiger partial charge in [-0.3, -0.25) is 0 Å². The van der Waals surface area contributed by atoms with E-state index in [9.17, 15) is 4.79 Å². The van der Waals surface area contributed by atoms with E-state index in [2.05, 4.69) is 136 Å². The Morgan fingerprint density at radius 3 is 0.867 bits per heavy atom.